The minimum Gasteiger partial charge on any atom is -0.444 e. The molecule has 188 valence electrons. The Hall–Kier alpha value is -4.14. The molecule has 0 aliphatic carbocycles. The van der Waals surface area contributed by atoms with E-state index in [9.17, 15) is 14.4 Å². The molecule has 2 aromatic carbocycles. The lowest BCUT2D eigenvalue weighted by molar-refractivity contribution is -0.122. The molecule has 1 atom stereocenters. The molecule has 0 unspecified atom stereocenters. The fourth-order valence-electron chi connectivity index (χ4n) is 4.34. The molecular formula is C27H31N5O4. The Kier molecular flexibility index (Phi) is 6.58. The number of anilines is 1. The van der Waals surface area contributed by atoms with Crippen LogP contribution in [0.4, 0.5) is 10.5 Å². The molecule has 0 saturated heterocycles. The number of para-hydroxylation sites is 2. The van der Waals surface area contributed by atoms with Gasteiger partial charge >= 0.3 is 6.09 Å². The van der Waals surface area contributed by atoms with Crippen LogP contribution in [0.1, 0.15) is 52.3 Å². The quantitative estimate of drug-likeness (QED) is 0.539. The number of amides is 2. The van der Waals surface area contributed by atoms with E-state index in [1.54, 1.807) is 64.1 Å². The van der Waals surface area contributed by atoms with Gasteiger partial charge in [0.05, 0.1) is 22.6 Å². The number of carbonyl (C=O) groups is 2. The van der Waals surface area contributed by atoms with Crippen molar-refractivity contribution in [2.24, 2.45) is 5.10 Å². The molecular weight excluding hydrogens is 458 g/mol. The van der Waals surface area contributed by atoms with Crippen LogP contribution < -0.4 is 15.9 Å². The normalized spacial score (nSPS) is 17.8. The molecule has 0 radical (unpaired) electrons. The molecule has 0 bridgehead atoms. The van der Waals surface area contributed by atoms with Crippen molar-refractivity contribution in [3.8, 4) is 5.69 Å². The molecule has 2 heterocycles. The molecule has 9 nitrogen and oxygen atoms in total. The highest BCUT2D eigenvalue weighted by Crippen LogP contribution is 2.35. The molecule has 1 aliphatic heterocycles. The highest BCUT2D eigenvalue weighted by Gasteiger charge is 2.56. The fourth-order valence-corrected chi connectivity index (χ4v) is 4.34. The lowest BCUT2D eigenvalue weighted by atomic mass is 9.84. The molecule has 3 aromatic rings. The Labute approximate surface area is 209 Å². The van der Waals surface area contributed by atoms with E-state index in [4.69, 9.17) is 4.74 Å². The first kappa shape index (κ1) is 25.0. The molecule has 4 rings (SSSR count). The molecule has 0 spiro atoms. The number of H-pyrrole nitrogens is 1. The molecule has 1 aromatic heterocycles. The first-order valence-electron chi connectivity index (χ1n) is 11.9. The Bertz CT molecular complexity index is 1350. The predicted molar refractivity (Wildman–Crippen MR) is 138 cm³/mol. The van der Waals surface area contributed by atoms with Crippen molar-refractivity contribution in [3.63, 3.8) is 0 Å². The highest BCUT2D eigenvalue weighted by molar-refractivity contribution is 6.23. The molecule has 9 heteroatoms. The predicted octanol–water partition coefficient (Wildman–Crippen LogP) is 4.26. The van der Waals surface area contributed by atoms with Gasteiger partial charge in [0.25, 0.3) is 11.5 Å². The van der Waals surface area contributed by atoms with Gasteiger partial charge in [0.2, 0.25) is 0 Å². The van der Waals surface area contributed by atoms with E-state index in [-0.39, 0.29) is 11.3 Å². The van der Waals surface area contributed by atoms with Crippen LogP contribution in [-0.2, 0) is 21.5 Å². The molecule has 0 fully saturated rings. The van der Waals surface area contributed by atoms with Gasteiger partial charge in [-0.1, -0.05) is 49.7 Å². The lowest BCUT2D eigenvalue weighted by Gasteiger charge is -2.30. The molecule has 36 heavy (non-hydrogen) atoms. The van der Waals surface area contributed by atoms with Crippen LogP contribution in [0.25, 0.3) is 5.69 Å². The van der Waals surface area contributed by atoms with Gasteiger partial charge < -0.3 is 4.74 Å². The third-order valence-corrected chi connectivity index (χ3v) is 5.85. The van der Waals surface area contributed by atoms with E-state index in [0.29, 0.717) is 29.9 Å². The zero-order chi connectivity index (χ0) is 26.1. The summed E-state index contributed by atoms with van der Waals surface area (Å²) in [4.78, 5) is 41.3. The topological polar surface area (TPSA) is 109 Å². The van der Waals surface area contributed by atoms with Crippen LogP contribution in [0.2, 0.25) is 0 Å². The third kappa shape index (κ3) is 4.44. The Morgan fingerprint density at radius 1 is 1.03 bits per heavy atom. The third-order valence-electron chi connectivity index (χ3n) is 5.85. The monoisotopic (exact) mass is 489 g/mol. The van der Waals surface area contributed by atoms with Crippen molar-refractivity contribution in [1.29, 1.82) is 0 Å². The number of hydrogen-bond donors (Lipinski definition) is 2. The number of alkyl carbamates (subject to hydrolysis) is 1. The molecule has 2 N–H and O–H groups in total. The van der Waals surface area contributed by atoms with Gasteiger partial charge in [-0.3, -0.25) is 20.0 Å². The second kappa shape index (κ2) is 9.49. The fraction of sp³-hybridized carbons (Fsp3) is 0.333. The van der Waals surface area contributed by atoms with Crippen LogP contribution in [0.15, 0.2) is 70.6 Å². The van der Waals surface area contributed by atoms with E-state index in [0.717, 1.165) is 0 Å². The Morgan fingerprint density at radius 2 is 1.61 bits per heavy atom. The summed E-state index contributed by atoms with van der Waals surface area (Å²) in [6.45, 7) is 8.80. The number of carbonyl (C=O) groups excluding carboxylic acids is 2. The van der Waals surface area contributed by atoms with Crippen LogP contribution in [-0.4, -0.2) is 33.1 Å². The zero-order valence-electron chi connectivity index (χ0n) is 21.2. The summed E-state index contributed by atoms with van der Waals surface area (Å²) in [7, 11) is 0. The van der Waals surface area contributed by atoms with Crippen molar-refractivity contribution in [2.75, 3.05) is 5.01 Å². The van der Waals surface area contributed by atoms with Crippen molar-refractivity contribution >= 4 is 23.4 Å². The maximum Gasteiger partial charge on any atom is 0.409 e. The average Bonchev–Trinajstić information content (AvgIpc) is 3.28. The number of ether oxygens (including phenoxy) is 1. The van der Waals surface area contributed by atoms with E-state index in [2.05, 4.69) is 15.5 Å². The van der Waals surface area contributed by atoms with E-state index in [1.165, 1.54) is 9.69 Å². The minimum atomic E-state index is -1.85. The van der Waals surface area contributed by atoms with Gasteiger partial charge in [-0.15, -0.1) is 0 Å². The number of aryl methyl sites for hydroxylation is 1. The van der Waals surface area contributed by atoms with Crippen LogP contribution >= 0.6 is 0 Å². The summed E-state index contributed by atoms with van der Waals surface area (Å²) in [5.74, 6) is -0.564. The van der Waals surface area contributed by atoms with Crippen molar-refractivity contribution < 1.29 is 14.3 Å². The van der Waals surface area contributed by atoms with Crippen LogP contribution in [0, 0.1) is 0 Å². The first-order valence-corrected chi connectivity index (χ1v) is 11.9. The summed E-state index contributed by atoms with van der Waals surface area (Å²) in [6, 6.07) is 18.0. The van der Waals surface area contributed by atoms with Crippen LogP contribution in [0.3, 0.4) is 0 Å². The standard InChI is InChI=1S/C27H31N5O4/c1-6-13-21-22(23(33)31(30-21)19-14-9-7-10-15-19)27(28-25(35)36-26(3,4)5)18(2)29-32(24(27)34)20-16-11-8-12-17-20/h7-12,14-17,30H,6,13H2,1-5H3,(H,28,35)/t27-/m1/s1. The lowest BCUT2D eigenvalue weighted by Crippen LogP contribution is -2.59. The summed E-state index contributed by atoms with van der Waals surface area (Å²) in [5, 5.41) is 11.7. The number of benzene rings is 2. The number of hydrazone groups is 1. The number of aromatic nitrogens is 2. The molecule has 0 saturated carbocycles. The number of nitrogens with zero attached hydrogens (tertiary/aromatic N) is 3. The second-order valence-corrected chi connectivity index (χ2v) is 9.71. The van der Waals surface area contributed by atoms with E-state index >= 15 is 0 Å². The summed E-state index contributed by atoms with van der Waals surface area (Å²) >= 11 is 0. The van der Waals surface area contributed by atoms with Crippen molar-refractivity contribution in [3.05, 3.63) is 82.3 Å². The number of hydrogen-bond acceptors (Lipinski definition) is 5. The summed E-state index contributed by atoms with van der Waals surface area (Å²) in [5.41, 5.74) is -1.05. The number of rotatable bonds is 6. The zero-order valence-corrected chi connectivity index (χ0v) is 21.2. The Morgan fingerprint density at radius 3 is 2.17 bits per heavy atom. The number of aromatic amines is 1. The van der Waals surface area contributed by atoms with Crippen molar-refractivity contribution in [1.82, 2.24) is 15.1 Å². The largest absolute Gasteiger partial charge is 0.444 e. The van der Waals surface area contributed by atoms with Gasteiger partial charge in [-0.05, 0) is 58.4 Å². The molecule has 2 amide bonds. The van der Waals surface area contributed by atoms with Gasteiger partial charge in [-0.25, -0.2) is 9.48 Å². The first-order chi connectivity index (χ1) is 17.1. The summed E-state index contributed by atoms with van der Waals surface area (Å²) in [6.07, 6.45) is 0.361. The van der Waals surface area contributed by atoms with Gasteiger partial charge in [-0.2, -0.15) is 10.1 Å². The van der Waals surface area contributed by atoms with Gasteiger partial charge in [0.15, 0.2) is 5.54 Å². The SMILES string of the molecule is CCCc1[nH]n(-c2ccccc2)c(=O)c1[C@@]1(NC(=O)OC(C)(C)C)C(=O)N(c2ccccc2)N=C1C. The van der Waals surface area contributed by atoms with Gasteiger partial charge in [0, 0.05) is 5.69 Å². The average molecular weight is 490 g/mol. The molecule has 1 aliphatic rings. The van der Waals surface area contributed by atoms with E-state index in [1.807, 2.05) is 31.2 Å². The smallest absolute Gasteiger partial charge is 0.409 e. The maximum absolute atomic E-state index is 14.2. The van der Waals surface area contributed by atoms with Gasteiger partial charge in [0.1, 0.15) is 5.60 Å². The maximum atomic E-state index is 14.2. The van der Waals surface area contributed by atoms with Crippen LogP contribution in [0.5, 0.6) is 0 Å². The van der Waals surface area contributed by atoms with E-state index < -0.39 is 28.7 Å². The Balaban J connectivity index is 1.94. The number of nitrogens with one attached hydrogen (secondary N) is 2. The second-order valence-electron chi connectivity index (χ2n) is 9.71. The summed E-state index contributed by atoms with van der Waals surface area (Å²) < 4.78 is 6.91. The minimum absolute atomic E-state index is 0.128. The van der Waals surface area contributed by atoms with Crippen molar-refractivity contribution in [2.45, 2.75) is 58.6 Å². The highest BCUT2D eigenvalue weighted by atomic mass is 16.6.